The van der Waals surface area contributed by atoms with Crippen LogP contribution in [-0.2, 0) is 11.3 Å². The highest BCUT2D eigenvalue weighted by Crippen LogP contribution is 2.32. The number of amides is 1. The third-order valence-corrected chi connectivity index (χ3v) is 4.51. The molecule has 2 aromatic heterocycles. The fourth-order valence-corrected chi connectivity index (χ4v) is 3.20. The SMILES string of the molecule is O=C(/C=C/c1ccc2c(c1)OCO2)NCc1nccnc1-c1ccsc1. The first-order valence-electron chi connectivity index (χ1n) is 7.97. The van der Waals surface area contributed by atoms with E-state index in [2.05, 4.69) is 15.3 Å². The van der Waals surface area contributed by atoms with Crippen molar-refractivity contribution in [2.75, 3.05) is 6.79 Å². The molecule has 6 nitrogen and oxygen atoms in total. The van der Waals surface area contributed by atoms with Gasteiger partial charge < -0.3 is 14.8 Å². The van der Waals surface area contributed by atoms with Crippen LogP contribution in [0.3, 0.4) is 0 Å². The van der Waals surface area contributed by atoms with Gasteiger partial charge in [-0.2, -0.15) is 11.3 Å². The number of fused-ring (bicyclic) bond motifs is 1. The van der Waals surface area contributed by atoms with Crippen molar-refractivity contribution in [2.45, 2.75) is 6.54 Å². The Morgan fingerprint density at radius 1 is 1.19 bits per heavy atom. The van der Waals surface area contributed by atoms with Crippen LogP contribution in [0.2, 0.25) is 0 Å². The van der Waals surface area contributed by atoms with E-state index >= 15 is 0 Å². The maximum Gasteiger partial charge on any atom is 0.244 e. The molecule has 1 N–H and O–H groups in total. The average molecular weight is 365 g/mol. The Morgan fingerprint density at radius 3 is 2.96 bits per heavy atom. The molecule has 4 rings (SSSR count). The Balaban J connectivity index is 1.40. The van der Waals surface area contributed by atoms with E-state index in [1.807, 2.05) is 35.0 Å². The second-order valence-corrected chi connectivity index (χ2v) is 6.31. The zero-order chi connectivity index (χ0) is 17.8. The van der Waals surface area contributed by atoms with Crippen molar-refractivity contribution in [1.82, 2.24) is 15.3 Å². The summed E-state index contributed by atoms with van der Waals surface area (Å²) in [6, 6.07) is 7.52. The molecule has 0 saturated heterocycles. The number of aromatic nitrogens is 2. The topological polar surface area (TPSA) is 73.3 Å². The average Bonchev–Trinajstić information content (AvgIpc) is 3.36. The molecule has 3 heterocycles. The van der Waals surface area contributed by atoms with E-state index in [0.717, 1.165) is 28.3 Å². The van der Waals surface area contributed by atoms with Crippen LogP contribution in [0.4, 0.5) is 0 Å². The molecule has 0 fully saturated rings. The summed E-state index contributed by atoms with van der Waals surface area (Å²) in [6.07, 6.45) is 6.49. The van der Waals surface area contributed by atoms with E-state index in [9.17, 15) is 4.79 Å². The molecule has 0 spiro atoms. The standard InChI is InChI=1S/C19H15N3O3S/c23-18(4-2-13-1-3-16-17(9-13)25-12-24-16)22-10-15-19(21-7-6-20-15)14-5-8-26-11-14/h1-9,11H,10,12H2,(H,22,23)/b4-2+. The van der Waals surface area contributed by atoms with Crippen molar-refractivity contribution in [3.05, 3.63) is 64.8 Å². The fourth-order valence-electron chi connectivity index (χ4n) is 2.56. The molecule has 0 bridgehead atoms. The lowest BCUT2D eigenvalue weighted by atomic mass is 10.2. The second-order valence-electron chi connectivity index (χ2n) is 5.53. The molecule has 26 heavy (non-hydrogen) atoms. The molecule has 1 aliphatic rings. The molecule has 0 atom stereocenters. The van der Waals surface area contributed by atoms with Gasteiger partial charge in [0.1, 0.15) is 0 Å². The van der Waals surface area contributed by atoms with Crippen molar-refractivity contribution < 1.29 is 14.3 Å². The summed E-state index contributed by atoms with van der Waals surface area (Å²) in [5.74, 6) is 1.20. The number of hydrogen-bond acceptors (Lipinski definition) is 6. The molecular weight excluding hydrogens is 350 g/mol. The summed E-state index contributed by atoms with van der Waals surface area (Å²) in [5, 5.41) is 6.84. The highest BCUT2D eigenvalue weighted by Gasteiger charge is 2.12. The van der Waals surface area contributed by atoms with Crippen LogP contribution in [0, 0.1) is 0 Å². The molecule has 1 aromatic carbocycles. The van der Waals surface area contributed by atoms with Gasteiger partial charge >= 0.3 is 0 Å². The minimum atomic E-state index is -0.204. The van der Waals surface area contributed by atoms with E-state index in [0.29, 0.717) is 12.3 Å². The molecule has 0 aliphatic carbocycles. The third kappa shape index (κ3) is 3.57. The van der Waals surface area contributed by atoms with E-state index in [4.69, 9.17) is 9.47 Å². The number of nitrogens with one attached hydrogen (secondary N) is 1. The lowest BCUT2D eigenvalue weighted by Crippen LogP contribution is -2.21. The number of hydrogen-bond donors (Lipinski definition) is 1. The third-order valence-electron chi connectivity index (χ3n) is 3.82. The first kappa shape index (κ1) is 16.3. The largest absolute Gasteiger partial charge is 0.454 e. The Labute approximate surface area is 154 Å². The fraction of sp³-hybridized carbons (Fsp3) is 0.105. The summed E-state index contributed by atoms with van der Waals surface area (Å²) in [7, 11) is 0. The number of carbonyl (C=O) groups excluding carboxylic acids is 1. The highest BCUT2D eigenvalue weighted by molar-refractivity contribution is 7.08. The van der Waals surface area contributed by atoms with Crippen molar-refractivity contribution in [1.29, 1.82) is 0 Å². The van der Waals surface area contributed by atoms with Gasteiger partial charge in [0.05, 0.1) is 17.9 Å². The summed E-state index contributed by atoms with van der Waals surface area (Å²) in [6.45, 7) is 0.539. The smallest absolute Gasteiger partial charge is 0.244 e. The van der Waals surface area contributed by atoms with Gasteiger partial charge in [0.15, 0.2) is 11.5 Å². The minimum Gasteiger partial charge on any atom is -0.454 e. The van der Waals surface area contributed by atoms with E-state index in [1.54, 1.807) is 29.8 Å². The Morgan fingerprint density at radius 2 is 2.08 bits per heavy atom. The summed E-state index contributed by atoms with van der Waals surface area (Å²) in [5.41, 5.74) is 3.38. The van der Waals surface area contributed by atoms with Crippen LogP contribution in [0.25, 0.3) is 17.3 Å². The minimum absolute atomic E-state index is 0.204. The molecular formula is C19H15N3O3S. The molecule has 0 unspecified atom stereocenters. The maximum atomic E-state index is 12.1. The van der Waals surface area contributed by atoms with Gasteiger partial charge in [0, 0.05) is 29.4 Å². The number of benzene rings is 1. The highest BCUT2D eigenvalue weighted by atomic mass is 32.1. The van der Waals surface area contributed by atoms with Gasteiger partial charge in [0.25, 0.3) is 0 Å². The van der Waals surface area contributed by atoms with Crippen LogP contribution in [0.1, 0.15) is 11.3 Å². The zero-order valence-corrected chi connectivity index (χ0v) is 14.5. The first-order valence-corrected chi connectivity index (χ1v) is 8.92. The summed E-state index contributed by atoms with van der Waals surface area (Å²) in [4.78, 5) is 20.8. The van der Waals surface area contributed by atoms with Crippen molar-refractivity contribution in [2.24, 2.45) is 0 Å². The van der Waals surface area contributed by atoms with Crippen molar-refractivity contribution in [3.8, 4) is 22.8 Å². The molecule has 3 aromatic rings. The Bertz CT molecular complexity index is 954. The molecule has 7 heteroatoms. The number of ether oxygens (including phenoxy) is 2. The Kier molecular flexibility index (Phi) is 4.61. The lowest BCUT2D eigenvalue weighted by molar-refractivity contribution is -0.116. The van der Waals surface area contributed by atoms with Gasteiger partial charge in [-0.15, -0.1) is 0 Å². The van der Waals surface area contributed by atoms with Crippen LogP contribution >= 0.6 is 11.3 Å². The lowest BCUT2D eigenvalue weighted by Gasteiger charge is -2.06. The second kappa shape index (κ2) is 7.37. The van der Waals surface area contributed by atoms with Gasteiger partial charge in [-0.25, -0.2) is 0 Å². The Hall–Kier alpha value is -3.19. The molecule has 0 radical (unpaired) electrons. The van der Waals surface area contributed by atoms with Crippen LogP contribution in [0.15, 0.2) is 53.5 Å². The van der Waals surface area contributed by atoms with Gasteiger partial charge in [-0.05, 0) is 35.2 Å². The van der Waals surface area contributed by atoms with E-state index < -0.39 is 0 Å². The van der Waals surface area contributed by atoms with Gasteiger partial charge in [0.2, 0.25) is 12.7 Å². The summed E-state index contributed by atoms with van der Waals surface area (Å²) >= 11 is 1.60. The summed E-state index contributed by atoms with van der Waals surface area (Å²) < 4.78 is 10.6. The van der Waals surface area contributed by atoms with Gasteiger partial charge in [-0.3, -0.25) is 14.8 Å². The number of nitrogens with zero attached hydrogens (tertiary/aromatic N) is 2. The zero-order valence-electron chi connectivity index (χ0n) is 13.7. The van der Waals surface area contributed by atoms with Crippen LogP contribution in [0.5, 0.6) is 11.5 Å². The van der Waals surface area contributed by atoms with E-state index in [1.165, 1.54) is 6.08 Å². The maximum absolute atomic E-state index is 12.1. The van der Waals surface area contributed by atoms with Crippen LogP contribution in [-0.4, -0.2) is 22.7 Å². The van der Waals surface area contributed by atoms with Crippen molar-refractivity contribution >= 4 is 23.3 Å². The van der Waals surface area contributed by atoms with Crippen molar-refractivity contribution in [3.63, 3.8) is 0 Å². The predicted molar refractivity (Wildman–Crippen MR) is 98.8 cm³/mol. The molecule has 1 aliphatic heterocycles. The number of thiophene rings is 1. The molecule has 130 valence electrons. The quantitative estimate of drug-likeness (QED) is 0.703. The monoisotopic (exact) mass is 365 g/mol. The first-order chi connectivity index (χ1) is 12.8. The normalized spacial score (nSPS) is 12.5. The molecule has 0 saturated carbocycles. The predicted octanol–water partition coefficient (Wildman–Crippen LogP) is 3.26. The molecule has 1 amide bonds. The number of carbonyl (C=O) groups is 1. The van der Waals surface area contributed by atoms with Gasteiger partial charge in [-0.1, -0.05) is 6.07 Å². The van der Waals surface area contributed by atoms with Crippen LogP contribution < -0.4 is 14.8 Å². The van der Waals surface area contributed by atoms with E-state index in [-0.39, 0.29) is 12.7 Å². The number of rotatable bonds is 5.